The Morgan fingerprint density at radius 3 is 2.23 bits per heavy atom. The quantitative estimate of drug-likeness (QED) is 0.685. The Bertz CT molecular complexity index is 162. The minimum atomic E-state index is -0.0281. The fraction of sp³-hybridized carbons (Fsp3) is 0.889. The van der Waals surface area contributed by atoms with Gasteiger partial charge in [0.1, 0.15) is 0 Å². The predicted octanol–water partition coefficient (Wildman–Crippen LogP) is 1.18. The van der Waals surface area contributed by atoms with Crippen LogP contribution in [0.1, 0.15) is 13.3 Å². The molecule has 4 heteroatoms. The maximum atomic E-state index is 11.5. The first-order valence-corrected chi connectivity index (χ1v) is 5.44. The van der Waals surface area contributed by atoms with Gasteiger partial charge in [-0.3, -0.25) is 4.79 Å². The molecule has 1 unspecified atom stereocenters. The van der Waals surface area contributed by atoms with Crippen LogP contribution in [0.4, 0.5) is 0 Å². The molecule has 0 radical (unpaired) electrons. The van der Waals surface area contributed by atoms with Crippen molar-refractivity contribution < 1.29 is 4.79 Å². The second kappa shape index (κ2) is 6.38. The SMILES string of the molecule is CCC(Br)C(=O)N(C)CCN(C)C. The van der Waals surface area contributed by atoms with Gasteiger partial charge in [-0.15, -0.1) is 0 Å². The average Bonchev–Trinajstić information content (AvgIpc) is 2.11. The minimum absolute atomic E-state index is 0.0281. The van der Waals surface area contributed by atoms with Crippen molar-refractivity contribution in [2.75, 3.05) is 34.2 Å². The molecule has 0 fully saturated rings. The molecule has 0 aliphatic rings. The van der Waals surface area contributed by atoms with Crippen LogP contribution < -0.4 is 0 Å². The van der Waals surface area contributed by atoms with Gasteiger partial charge >= 0.3 is 0 Å². The van der Waals surface area contributed by atoms with Crippen LogP contribution >= 0.6 is 15.9 Å². The van der Waals surface area contributed by atoms with Gasteiger partial charge in [-0.2, -0.15) is 0 Å². The van der Waals surface area contributed by atoms with E-state index in [2.05, 4.69) is 20.8 Å². The van der Waals surface area contributed by atoms with Crippen molar-refractivity contribution in [1.82, 2.24) is 9.80 Å². The summed E-state index contributed by atoms with van der Waals surface area (Å²) in [5, 5.41) is 0. The van der Waals surface area contributed by atoms with E-state index in [0.29, 0.717) is 0 Å². The molecule has 0 aromatic heterocycles. The van der Waals surface area contributed by atoms with Gasteiger partial charge < -0.3 is 9.80 Å². The molecule has 0 rings (SSSR count). The Morgan fingerprint density at radius 2 is 1.85 bits per heavy atom. The third-order valence-corrected chi connectivity index (χ3v) is 2.92. The van der Waals surface area contributed by atoms with Crippen LogP contribution in [0.3, 0.4) is 0 Å². The summed E-state index contributed by atoms with van der Waals surface area (Å²) >= 11 is 3.35. The number of rotatable bonds is 5. The topological polar surface area (TPSA) is 23.6 Å². The van der Waals surface area contributed by atoms with Crippen LogP contribution in [-0.4, -0.2) is 54.8 Å². The summed E-state index contributed by atoms with van der Waals surface area (Å²) in [5.41, 5.74) is 0. The molecule has 0 N–H and O–H groups in total. The van der Waals surface area contributed by atoms with E-state index in [1.165, 1.54) is 0 Å². The van der Waals surface area contributed by atoms with Crippen LogP contribution in [0.15, 0.2) is 0 Å². The van der Waals surface area contributed by atoms with Crippen LogP contribution in [0, 0.1) is 0 Å². The molecule has 0 aliphatic heterocycles. The maximum Gasteiger partial charge on any atom is 0.236 e. The number of amides is 1. The highest BCUT2D eigenvalue weighted by Gasteiger charge is 2.16. The van der Waals surface area contributed by atoms with E-state index in [9.17, 15) is 4.79 Å². The largest absolute Gasteiger partial charge is 0.344 e. The van der Waals surface area contributed by atoms with E-state index in [1.807, 2.05) is 28.1 Å². The zero-order valence-electron chi connectivity index (χ0n) is 8.88. The van der Waals surface area contributed by atoms with Crippen molar-refractivity contribution in [3.63, 3.8) is 0 Å². The van der Waals surface area contributed by atoms with Crippen LogP contribution in [0.5, 0.6) is 0 Å². The first kappa shape index (κ1) is 12.9. The number of carbonyl (C=O) groups is 1. The van der Waals surface area contributed by atoms with Gasteiger partial charge in [0.25, 0.3) is 0 Å². The van der Waals surface area contributed by atoms with E-state index in [0.717, 1.165) is 19.5 Å². The van der Waals surface area contributed by atoms with Gasteiger partial charge in [-0.1, -0.05) is 22.9 Å². The molecule has 78 valence electrons. The molecule has 0 bridgehead atoms. The third kappa shape index (κ3) is 5.26. The average molecular weight is 251 g/mol. The fourth-order valence-electron chi connectivity index (χ4n) is 0.874. The van der Waals surface area contributed by atoms with Crippen molar-refractivity contribution in [3.8, 4) is 0 Å². The van der Waals surface area contributed by atoms with Crippen molar-refractivity contribution in [3.05, 3.63) is 0 Å². The Hall–Kier alpha value is -0.0900. The molecule has 0 aromatic carbocycles. The molecule has 1 amide bonds. The van der Waals surface area contributed by atoms with Crippen molar-refractivity contribution in [2.24, 2.45) is 0 Å². The molecule has 0 saturated heterocycles. The Morgan fingerprint density at radius 1 is 1.31 bits per heavy atom. The monoisotopic (exact) mass is 250 g/mol. The zero-order chi connectivity index (χ0) is 10.4. The summed E-state index contributed by atoms with van der Waals surface area (Å²) in [6.45, 7) is 3.69. The first-order valence-electron chi connectivity index (χ1n) is 4.52. The maximum absolute atomic E-state index is 11.5. The lowest BCUT2D eigenvalue weighted by molar-refractivity contribution is -0.129. The predicted molar refractivity (Wildman–Crippen MR) is 59.2 cm³/mol. The van der Waals surface area contributed by atoms with E-state index in [-0.39, 0.29) is 10.7 Å². The van der Waals surface area contributed by atoms with Gasteiger partial charge in [0, 0.05) is 20.1 Å². The third-order valence-electron chi connectivity index (χ3n) is 1.89. The second-order valence-corrected chi connectivity index (χ2v) is 4.54. The minimum Gasteiger partial charge on any atom is -0.344 e. The summed E-state index contributed by atoms with van der Waals surface area (Å²) in [6.07, 6.45) is 0.838. The summed E-state index contributed by atoms with van der Waals surface area (Å²) in [6, 6.07) is 0. The molecule has 0 spiro atoms. The van der Waals surface area contributed by atoms with E-state index in [1.54, 1.807) is 4.90 Å². The number of alkyl halides is 1. The lowest BCUT2D eigenvalue weighted by Gasteiger charge is -2.21. The Labute approximate surface area is 89.2 Å². The highest BCUT2D eigenvalue weighted by Crippen LogP contribution is 2.07. The standard InChI is InChI=1S/C9H19BrN2O/c1-5-8(10)9(13)12(4)7-6-11(2)3/h8H,5-7H2,1-4H3. The first-order chi connectivity index (χ1) is 5.99. The van der Waals surface area contributed by atoms with Gasteiger partial charge in [0.05, 0.1) is 4.83 Å². The summed E-state index contributed by atoms with van der Waals surface area (Å²) < 4.78 is 0. The van der Waals surface area contributed by atoms with Crippen molar-refractivity contribution in [2.45, 2.75) is 18.2 Å². The number of halogens is 1. The smallest absolute Gasteiger partial charge is 0.236 e. The van der Waals surface area contributed by atoms with E-state index >= 15 is 0 Å². The number of hydrogen-bond acceptors (Lipinski definition) is 2. The van der Waals surface area contributed by atoms with Crippen LogP contribution in [0.25, 0.3) is 0 Å². The van der Waals surface area contributed by atoms with Crippen molar-refractivity contribution in [1.29, 1.82) is 0 Å². The lowest BCUT2D eigenvalue weighted by atomic mass is 10.3. The van der Waals surface area contributed by atoms with E-state index < -0.39 is 0 Å². The molecular weight excluding hydrogens is 232 g/mol. The highest BCUT2D eigenvalue weighted by atomic mass is 79.9. The molecule has 0 heterocycles. The molecular formula is C9H19BrN2O. The second-order valence-electron chi connectivity index (χ2n) is 3.44. The zero-order valence-corrected chi connectivity index (χ0v) is 10.5. The molecule has 13 heavy (non-hydrogen) atoms. The molecule has 1 atom stereocenters. The van der Waals surface area contributed by atoms with Crippen LogP contribution in [-0.2, 0) is 4.79 Å². The van der Waals surface area contributed by atoms with Gasteiger partial charge in [0.2, 0.25) is 5.91 Å². The highest BCUT2D eigenvalue weighted by molar-refractivity contribution is 9.10. The Kier molecular flexibility index (Phi) is 6.33. The Balaban J connectivity index is 3.82. The van der Waals surface area contributed by atoms with E-state index in [4.69, 9.17) is 0 Å². The molecule has 0 saturated carbocycles. The fourth-order valence-corrected chi connectivity index (χ4v) is 1.22. The number of hydrogen-bond donors (Lipinski definition) is 0. The van der Waals surface area contributed by atoms with Gasteiger partial charge in [0.15, 0.2) is 0 Å². The summed E-state index contributed by atoms with van der Waals surface area (Å²) in [4.78, 5) is 15.4. The number of likely N-dealkylation sites (N-methyl/N-ethyl adjacent to an activating group) is 2. The molecule has 3 nitrogen and oxygen atoms in total. The van der Waals surface area contributed by atoms with Crippen molar-refractivity contribution >= 4 is 21.8 Å². The number of nitrogens with zero attached hydrogens (tertiary/aromatic N) is 2. The summed E-state index contributed by atoms with van der Waals surface area (Å²) in [7, 11) is 5.85. The van der Waals surface area contributed by atoms with Crippen LogP contribution in [0.2, 0.25) is 0 Å². The normalized spacial score (nSPS) is 13.1. The number of carbonyl (C=O) groups excluding carboxylic acids is 1. The molecule has 0 aliphatic carbocycles. The van der Waals surface area contributed by atoms with Gasteiger partial charge in [-0.25, -0.2) is 0 Å². The molecule has 0 aromatic rings. The summed E-state index contributed by atoms with van der Waals surface area (Å²) in [5.74, 6) is 0.171. The lowest BCUT2D eigenvalue weighted by Crippen LogP contribution is -2.37. The van der Waals surface area contributed by atoms with Gasteiger partial charge in [-0.05, 0) is 20.5 Å².